The molecule has 1 heterocycles. The minimum atomic E-state index is -4.53. The summed E-state index contributed by atoms with van der Waals surface area (Å²) in [6.07, 6.45) is -4.53. The Morgan fingerprint density at radius 3 is 2.19 bits per heavy atom. The van der Waals surface area contributed by atoms with E-state index in [1.54, 1.807) is 20.8 Å². The molecular formula is C9H11ClF3N3. The Bertz CT molecular complexity index is 385. The molecule has 0 aliphatic carbocycles. The van der Waals surface area contributed by atoms with E-state index in [2.05, 4.69) is 15.3 Å². The molecule has 1 aromatic heterocycles. The molecule has 0 aliphatic heterocycles. The van der Waals surface area contributed by atoms with Gasteiger partial charge in [0.15, 0.2) is 5.69 Å². The van der Waals surface area contributed by atoms with E-state index in [0.717, 1.165) is 0 Å². The van der Waals surface area contributed by atoms with Crippen LogP contribution < -0.4 is 5.32 Å². The van der Waals surface area contributed by atoms with E-state index < -0.39 is 17.4 Å². The molecule has 0 aliphatic rings. The fourth-order valence-corrected chi connectivity index (χ4v) is 1.14. The molecule has 0 fully saturated rings. The van der Waals surface area contributed by atoms with Crippen molar-refractivity contribution >= 4 is 17.5 Å². The van der Waals surface area contributed by atoms with Crippen LogP contribution >= 0.6 is 11.6 Å². The van der Waals surface area contributed by atoms with Crippen molar-refractivity contribution in [2.45, 2.75) is 32.5 Å². The molecule has 0 spiro atoms. The van der Waals surface area contributed by atoms with Crippen LogP contribution in [0, 0.1) is 0 Å². The van der Waals surface area contributed by atoms with Gasteiger partial charge in [-0.1, -0.05) is 11.6 Å². The zero-order chi connectivity index (χ0) is 12.6. The van der Waals surface area contributed by atoms with E-state index in [-0.39, 0.29) is 11.1 Å². The van der Waals surface area contributed by atoms with Gasteiger partial charge in [0.1, 0.15) is 5.15 Å². The molecule has 7 heteroatoms. The molecule has 0 aromatic carbocycles. The third-order valence-electron chi connectivity index (χ3n) is 1.47. The number of nitrogens with one attached hydrogen (secondary N) is 1. The van der Waals surface area contributed by atoms with Crippen LogP contribution in [0.3, 0.4) is 0 Å². The lowest BCUT2D eigenvalue weighted by molar-refractivity contribution is -0.141. The number of halogens is 4. The third-order valence-corrected chi connectivity index (χ3v) is 1.67. The second kappa shape index (κ2) is 4.08. The molecule has 90 valence electrons. The van der Waals surface area contributed by atoms with Crippen LogP contribution in [0.4, 0.5) is 19.1 Å². The molecule has 0 radical (unpaired) electrons. The van der Waals surface area contributed by atoms with Crippen molar-refractivity contribution in [1.82, 2.24) is 9.97 Å². The van der Waals surface area contributed by atoms with Gasteiger partial charge < -0.3 is 5.32 Å². The lowest BCUT2D eigenvalue weighted by Gasteiger charge is -2.21. The van der Waals surface area contributed by atoms with E-state index in [1.807, 2.05) is 0 Å². The fraction of sp³-hybridized carbons (Fsp3) is 0.556. The van der Waals surface area contributed by atoms with Gasteiger partial charge in [0.05, 0.1) is 0 Å². The van der Waals surface area contributed by atoms with Crippen molar-refractivity contribution < 1.29 is 13.2 Å². The minimum Gasteiger partial charge on any atom is -0.350 e. The molecule has 16 heavy (non-hydrogen) atoms. The van der Waals surface area contributed by atoms with Gasteiger partial charge in [0.25, 0.3) is 0 Å². The summed E-state index contributed by atoms with van der Waals surface area (Å²) in [5.41, 5.74) is -1.49. The number of hydrogen-bond acceptors (Lipinski definition) is 3. The highest BCUT2D eigenvalue weighted by Crippen LogP contribution is 2.29. The van der Waals surface area contributed by atoms with E-state index in [0.29, 0.717) is 6.07 Å². The standard InChI is InChI=1S/C9H11ClF3N3/c1-8(2,3)16-7-14-5(9(11,12)13)4-6(10)15-7/h4H,1-3H3,(H,14,15,16). The van der Waals surface area contributed by atoms with Gasteiger partial charge in [-0.3, -0.25) is 0 Å². The topological polar surface area (TPSA) is 37.8 Å². The predicted octanol–water partition coefficient (Wildman–Crippen LogP) is 3.36. The number of rotatable bonds is 1. The van der Waals surface area contributed by atoms with Crippen molar-refractivity contribution in [3.8, 4) is 0 Å². The zero-order valence-electron chi connectivity index (χ0n) is 8.98. The second-order valence-corrected chi connectivity index (χ2v) is 4.66. The summed E-state index contributed by atoms with van der Waals surface area (Å²) in [6.45, 7) is 5.35. The number of alkyl halides is 3. The van der Waals surface area contributed by atoms with Crippen molar-refractivity contribution in [2.24, 2.45) is 0 Å². The van der Waals surface area contributed by atoms with E-state index in [4.69, 9.17) is 11.6 Å². The number of hydrogen-bond donors (Lipinski definition) is 1. The molecule has 0 amide bonds. The molecule has 0 saturated heterocycles. The summed E-state index contributed by atoms with van der Waals surface area (Å²) in [6, 6.07) is 0.690. The lowest BCUT2D eigenvalue weighted by atomic mass is 10.1. The van der Waals surface area contributed by atoms with Crippen molar-refractivity contribution in [2.75, 3.05) is 5.32 Å². The first-order valence-electron chi connectivity index (χ1n) is 4.48. The van der Waals surface area contributed by atoms with Crippen LogP contribution in [-0.4, -0.2) is 15.5 Å². The summed E-state index contributed by atoms with van der Waals surface area (Å²) in [5, 5.41) is 2.49. The highest BCUT2D eigenvalue weighted by Gasteiger charge is 2.33. The average Bonchev–Trinajstić information content (AvgIpc) is 1.97. The summed E-state index contributed by atoms with van der Waals surface area (Å²) in [7, 11) is 0. The van der Waals surface area contributed by atoms with Crippen molar-refractivity contribution in [3.63, 3.8) is 0 Å². The van der Waals surface area contributed by atoms with Crippen LogP contribution in [0.15, 0.2) is 6.07 Å². The van der Waals surface area contributed by atoms with Gasteiger partial charge in [-0.2, -0.15) is 13.2 Å². The first kappa shape index (κ1) is 13.0. The van der Waals surface area contributed by atoms with Crippen LogP contribution in [0.2, 0.25) is 5.15 Å². The Morgan fingerprint density at radius 1 is 1.19 bits per heavy atom. The van der Waals surface area contributed by atoms with Gasteiger partial charge in [-0.25, -0.2) is 9.97 Å². The summed E-state index contributed by atoms with van der Waals surface area (Å²) in [4.78, 5) is 7.03. The van der Waals surface area contributed by atoms with Gasteiger partial charge >= 0.3 is 6.18 Å². The maximum absolute atomic E-state index is 12.4. The van der Waals surface area contributed by atoms with Crippen molar-refractivity contribution in [3.05, 3.63) is 16.9 Å². The first-order valence-corrected chi connectivity index (χ1v) is 4.86. The Morgan fingerprint density at radius 2 is 1.75 bits per heavy atom. The number of anilines is 1. The number of aromatic nitrogens is 2. The Balaban J connectivity index is 3.09. The lowest BCUT2D eigenvalue weighted by Crippen LogP contribution is -2.28. The fourth-order valence-electron chi connectivity index (χ4n) is 0.954. The van der Waals surface area contributed by atoms with E-state index >= 15 is 0 Å². The van der Waals surface area contributed by atoms with Crippen LogP contribution in [0.25, 0.3) is 0 Å². The summed E-state index contributed by atoms with van der Waals surface area (Å²) >= 11 is 5.49. The molecule has 1 aromatic rings. The third kappa shape index (κ3) is 3.84. The van der Waals surface area contributed by atoms with E-state index in [1.165, 1.54) is 0 Å². The van der Waals surface area contributed by atoms with Gasteiger partial charge in [0.2, 0.25) is 5.95 Å². The SMILES string of the molecule is CC(C)(C)Nc1nc(Cl)cc(C(F)(F)F)n1. The number of nitrogens with zero attached hydrogens (tertiary/aromatic N) is 2. The zero-order valence-corrected chi connectivity index (χ0v) is 9.74. The molecule has 3 nitrogen and oxygen atoms in total. The highest BCUT2D eigenvalue weighted by molar-refractivity contribution is 6.29. The van der Waals surface area contributed by atoms with Gasteiger partial charge in [-0.05, 0) is 20.8 Å². The Labute approximate surface area is 96.0 Å². The molecule has 1 N–H and O–H groups in total. The minimum absolute atomic E-state index is 0.132. The molecule has 0 unspecified atom stereocenters. The maximum Gasteiger partial charge on any atom is 0.433 e. The summed E-state index contributed by atoms with van der Waals surface area (Å²) in [5.74, 6) is -0.132. The normalized spacial score (nSPS) is 12.7. The first-order chi connectivity index (χ1) is 7.08. The van der Waals surface area contributed by atoms with Gasteiger partial charge in [-0.15, -0.1) is 0 Å². The maximum atomic E-state index is 12.4. The molecule has 0 atom stereocenters. The summed E-state index contributed by atoms with van der Waals surface area (Å²) < 4.78 is 37.2. The van der Waals surface area contributed by atoms with Crippen molar-refractivity contribution in [1.29, 1.82) is 0 Å². The molecule has 1 rings (SSSR count). The van der Waals surface area contributed by atoms with Gasteiger partial charge in [0, 0.05) is 11.6 Å². The average molecular weight is 254 g/mol. The smallest absolute Gasteiger partial charge is 0.350 e. The molecule has 0 saturated carbocycles. The van der Waals surface area contributed by atoms with Crippen LogP contribution in [-0.2, 0) is 6.18 Å². The van der Waals surface area contributed by atoms with Crippen LogP contribution in [0.1, 0.15) is 26.5 Å². The Hall–Kier alpha value is -1.04. The molecular weight excluding hydrogens is 243 g/mol. The quantitative estimate of drug-likeness (QED) is 0.780. The van der Waals surface area contributed by atoms with Crippen LogP contribution in [0.5, 0.6) is 0 Å². The highest BCUT2D eigenvalue weighted by atomic mass is 35.5. The van der Waals surface area contributed by atoms with E-state index in [9.17, 15) is 13.2 Å². The Kier molecular flexibility index (Phi) is 3.33. The predicted molar refractivity (Wildman–Crippen MR) is 55.4 cm³/mol. The molecule has 0 bridgehead atoms. The largest absolute Gasteiger partial charge is 0.433 e. The second-order valence-electron chi connectivity index (χ2n) is 4.27. The monoisotopic (exact) mass is 253 g/mol.